The predicted molar refractivity (Wildman–Crippen MR) is 70.1 cm³/mol. The van der Waals surface area contributed by atoms with Gasteiger partial charge in [-0.05, 0) is 25.0 Å². The van der Waals surface area contributed by atoms with Crippen LogP contribution in [0.2, 0.25) is 0 Å². The van der Waals surface area contributed by atoms with E-state index in [0.717, 1.165) is 16.4 Å². The van der Waals surface area contributed by atoms with E-state index in [1.807, 2.05) is 0 Å². The van der Waals surface area contributed by atoms with Gasteiger partial charge in [-0.2, -0.15) is 4.31 Å². The van der Waals surface area contributed by atoms with E-state index in [2.05, 4.69) is 0 Å². The average molecular weight is 319 g/mol. The molecule has 0 saturated carbocycles. The molecule has 8 heteroatoms. The van der Waals surface area contributed by atoms with Crippen LogP contribution in [0.15, 0.2) is 23.1 Å². The first-order chi connectivity index (χ1) is 9.73. The van der Waals surface area contributed by atoms with Gasteiger partial charge in [-0.15, -0.1) is 0 Å². The Morgan fingerprint density at radius 3 is 2.57 bits per heavy atom. The monoisotopic (exact) mass is 319 g/mol. The Hall–Kier alpha value is -1.54. The maximum absolute atomic E-state index is 13.7. The number of hydrogen-bond donors (Lipinski definition) is 1. The van der Waals surface area contributed by atoms with Gasteiger partial charge in [0.2, 0.25) is 10.0 Å². The largest absolute Gasteiger partial charge is 0.481 e. The van der Waals surface area contributed by atoms with Gasteiger partial charge in [0.15, 0.2) is 0 Å². The topological polar surface area (TPSA) is 74.7 Å². The highest BCUT2D eigenvalue weighted by Crippen LogP contribution is 2.37. The lowest BCUT2D eigenvalue weighted by molar-refractivity contribution is -0.148. The minimum atomic E-state index is -4.17. The molecule has 0 radical (unpaired) electrons. The third-order valence-corrected chi connectivity index (χ3v) is 5.84. The maximum atomic E-state index is 13.7. The van der Waals surface area contributed by atoms with Gasteiger partial charge in [0.05, 0.1) is 5.41 Å². The fourth-order valence-electron chi connectivity index (χ4n) is 2.48. The van der Waals surface area contributed by atoms with Crippen molar-refractivity contribution in [1.82, 2.24) is 4.31 Å². The number of nitrogens with zero attached hydrogens (tertiary/aromatic N) is 1. The molecule has 1 heterocycles. The SMILES string of the molecule is CCC1(C(=O)O)CCN(S(=O)(=O)c2ccc(F)cc2F)C1. The number of rotatable bonds is 4. The van der Waals surface area contributed by atoms with Crippen LogP contribution in [0.1, 0.15) is 19.8 Å². The molecule has 1 N–H and O–H groups in total. The standard InChI is InChI=1S/C13H15F2NO4S/c1-2-13(12(17)18)5-6-16(8-13)21(19,20)11-4-3-9(14)7-10(11)15/h3-4,7H,2,5-6,8H2,1H3,(H,17,18). The van der Waals surface area contributed by atoms with Gasteiger partial charge in [0.1, 0.15) is 16.5 Å². The number of hydrogen-bond acceptors (Lipinski definition) is 3. The lowest BCUT2D eigenvalue weighted by Crippen LogP contribution is -2.36. The smallest absolute Gasteiger partial charge is 0.311 e. The summed E-state index contributed by atoms with van der Waals surface area (Å²) >= 11 is 0. The summed E-state index contributed by atoms with van der Waals surface area (Å²) in [6.45, 7) is 1.46. The van der Waals surface area contributed by atoms with Crippen LogP contribution < -0.4 is 0 Å². The van der Waals surface area contributed by atoms with Gasteiger partial charge in [0, 0.05) is 19.2 Å². The number of carbonyl (C=O) groups is 1. The summed E-state index contributed by atoms with van der Waals surface area (Å²) in [7, 11) is -4.17. The van der Waals surface area contributed by atoms with Crippen molar-refractivity contribution >= 4 is 16.0 Å². The first-order valence-corrected chi connectivity index (χ1v) is 7.85. The number of aliphatic carboxylic acids is 1. The van der Waals surface area contributed by atoms with Crippen molar-refractivity contribution in [3.63, 3.8) is 0 Å². The molecule has 0 amide bonds. The molecular formula is C13H15F2NO4S. The highest BCUT2D eigenvalue weighted by atomic mass is 32.2. The van der Waals surface area contributed by atoms with E-state index < -0.39 is 37.9 Å². The van der Waals surface area contributed by atoms with E-state index >= 15 is 0 Å². The van der Waals surface area contributed by atoms with Crippen molar-refractivity contribution < 1.29 is 27.1 Å². The molecule has 1 atom stereocenters. The molecule has 0 spiro atoms. The van der Waals surface area contributed by atoms with E-state index in [4.69, 9.17) is 0 Å². The molecule has 1 aliphatic rings. The van der Waals surface area contributed by atoms with E-state index in [0.29, 0.717) is 6.07 Å². The highest BCUT2D eigenvalue weighted by molar-refractivity contribution is 7.89. The third kappa shape index (κ3) is 2.65. The van der Waals surface area contributed by atoms with Crippen molar-refractivity contribution in [2.75, 3.05) is 13.1 Å². The Bertz CT molecular complexity index is 677. The van der Waals surface area contributed by atoms with Crippen LogP contribution in [0.3, 0.4) is 0 Å². The second-order valence-electron chi connectivity index (χ2n) is 5.10. The summed E-state index contributed by atoms with van der Waals surface area (Å²) in [4.78, 5) is 10.7. The Kier molecular flexibility index (Phi) is 4.03. The first-order valence-electron chi connectivity index (χ1n) is 6.41. The van der Waals surface area contributed by atoms with Gasteiger partial charge < -0.3 is 5.11 Å². The van der Waals surface area contributed by atoms with Crippen molar-refractivity contribution in [2.24, 2.45) is 5.41 Å². The number of carboxylic acid groups (broad SMARTS) is 1. The highest BCUT2D eigenvalue weighted by Gasteiger charge is 2.47. The zero-order valence-corrected chi connectivity index (χ0v) is 12.2. The second kappa shape index (κ2) is 5.34. The molecule has 1 aromatic rings. The minimum Gasteiger partial charge on any atom is -0.481 e. The molecule has 116 valence electrons. The number of sulfonamides is 1. The summed E-state index contributed by atoms with van der Waals surface area (Å²) in [5.41, 5.74) is -1.15. The van der Waals surface area contributed by atoms with Crippen molar-refractivity contribution in [3.05, 3.63) is 29.8 Å². The third-order valence-electron chi connectivity index (χ3n) is 3.96. The average Bonchev–Trinajstić information content (AvgIpc) is 2.84. The predicted octanol–water partition coefficient (Wildman–Crippen LogP) is 1.84. The normalized spacial score (nSPS) is 23.4. The van der Waals surface area contributed by atoms with Gasteiger partial charge in [-0.1, -0.05) is 6.92 Å². The van der Waals surface area contributed by atoms with Crippen molar-refractivity contribution in [3.8, 4) is 0 Å². The molecule has 1 saturated heterocycles. The Balaban J connectivity index is 2.36. The minimum absolute atomic E-state index is 0.000705. The number of halogens is 2. The Morgan fingerprint density at radius 2 is 2.10 bits per heavy atom. The van der Waals surface area contributed by atoms with Crippen LogP contribution in [0.4, 0.5) is 8.78 Å². The van der Waals surface area contributed by atoms with Crippen molar-refractivity contribution in [2.45, 2.75) is 24.7 Å². The second-order valence-corrected chi connectivity index (χ2v) is 7.01. The van der Waals surface area contributed by atoms with Gasteiger partial charge in [-0.25, -0.2) is 17.2 Å². The lowest BCUT2D eigenvalue weighted by atomic mass is 9.85. The lowest BCUT2D eigenvalue weighted by Gasteiger charge is -2.23. The van der Waals surface area contributed by atoms with Crippen LogP contribution in [0.25, 0.3) is 0 Å². The van der Waals surface area contributed by atoms with E-state index in [-0.39, 0.29) is 25.9 Å². The molecule has 5 nitrogen and oxygen atoms in total. The molecule has 0 bridgehead atoms. The molecule has 21 heavy (non-hydrogen) atoms. The quantitative estimate of drug-likeness (QED) is 0.919. The summed E-state index contributed by atoms with van der Waals surface area (Å²) < 4.78 is 52.2. The summed E-state index contributed by atoms with van der Waals surface area (Å²) in [5.74, 6) is -3.12. The van der Waals surface area contributed by atoms with Crippen molar-refractivity contribution in [1.29, 1.82) is 0 Å². The van der Waals surface area contributed by atoms with Crippen LogP contribution in [-0.2, 0) is 14.8 Å². The van der Waals surface area contributed by atoms with Crippen LogP contribution in [0, 0.1) is 17.0 Å². The first kappa shape index (κ1) is 15.8. The zero-order valence-electron chi connectivity index (χ0n) is 11.3. The van der Waals surface area contributed by atoms with E-state index in [9.17, 15) is 27.1 Å². The number of benzene rings is 1. The fraction of sp³-hybridized carbons (Fsp3) is 0.462. The fourth-order valence-corrected chi connectivity index (χ4v) is 4.05. The summed E-state index contributed by atoms with van der Waals surface area (Å²) in [6.07, 6.45) is 0.446. The Labute approximate surface area is 121 Å². The van der Waals surface area contributed by atoms with Gasteiger partial charge in [-0.3, -0.25) is 4.79 Å². The molecule has 1 aromatic carbocycles. The number of carboxylic acids is 1. The molecule has 2 rings (SSSR count). The van der Waals surface area contributed by atoms with Gasteiger partial charge in [0.25, 0.3) is 0 Å². The molecule has 1 fully saturated rings. The van der Waals surface area contributed by atoms with E-state index in [1.54, 1.807) is 6.92 Å². The molecule has 0 aliphatic carbocycles. The molecule has 1 unspecified atom stereocenters. The Morgan fingerprint density at radius 1 is 1.43 bits per heavy atom. The molecule has 1 aliphatic heterocycles. The summed E-state index contributed by atoms with van der Waals surface area (Å²) in [6, 6.07) is 2.20. The maximum Gasteiger partial charge on any atom is 0.311 e. The molecular weight excluding hydrogens is 304 g/mol. The van der Waals surface area contributed by atoms with Crippen LogP contribution in [0.5, 0.6) is 0 Å². The van der Waals surface area contributed by atoms with Gasteiger partial charge >= 0.3 is 5.97 Å². The zero-order chi connectivity index (χ0) is 15.8. The summed E-state index contributed by atoms with van der Waals surface area (Å²) in [5, 5.41) is 9.26. The van der Waals surface area contributed by atoms with Crippen LogP contribution >= 0.6 is 0 Å². The van der Waals surface area contributed by atoms with E-state index in [1.165, 1.54) is 0 Å². The van der Waals surface area contributed by atoms with Crippen LogP contribution in [-0.4, -0.2) is 36.9 Å². The molecule has 0 aromatic heterocycles.